The van der Waals surface area contributed by atoms with Crippen molar-refractivity contribution in [3.63, 3.8) is 0 Å². The van der Waals surface area contributed by atoms with Crippen molar-refractivity contribution in [1.82, 2.24) is 9.47 Å². The van der Waals surface area contributed by atoms with Gasteiger partial charge in [0.25, 0.3) is 0 Å². The number of carboxylic acid groups (broad SMARTS) is 1. The molecule has 0 spiro atoms. The lowest BCUT2D eigenvalue weighted by Gasteiger charge is -2.19. The number of aryl methyl sites for hydroxylation is 2. The second-order valence-electron chi connectivity index (χ2n) is 5.80. The van der Waals surface area contributed by atoms with E-state index < -0.39 is 5.97 Å². The molecule has 1 aromatic heterocycles. The van der Waals surface area contributed by atoms with Gasteiger partial charge in [0.1, 0.15) is 0 Å². The molecule has 0 saturated carbocycles. The van der Waals surface area contributed by atoms with Gasteiger partial charge >= 0.3 is 5.97 Å². The van der Waals surface area contributed by atoms with Gasteiger partial charge in [0.05, 0.1) is 11.1 Å². The standard InChI is InChI=1S/C18H27N3O2/c1-5-13-10-14(19-8-9-21(6-2)7-3)11-15-16(18(22)23)12-20(4)17(13)15/h10-12,19H,5-9H2,1-4H3,(H,22,23). The molecule has 0 saturated heterocycles. The van der Waals surface area contributed by atoms with Gasteiger partial charge in [0, 0.05) is 37.4 Å². The highest BCUT2D eigenvalue weighted by Gasteiger charge is 2.16. The number of nitrogens with one attached hydrogen (secondary N) is 1. The molecule has 2 aromatic rings. The van der Waals surface area contributed by atoms with Gasteiger partial charge in [-0.3, -0.25) is 0 Å². The van der Waals surface area contributed by atoms with Crippen molar-refractivity contribution in [2.45, 2.75) is 27.2 Å². The summed E-state index contributed by atoms with van der Waals surface area (Å²) in [5.74, 6) is -0.877. The number of carboxylic acids is 1. The number of benzene rings is 1. The van der Waals surface area contributed by atoms with Gasteiger partial charge in [-0.1, -0.05) is 20.8 Å². The molecule has 0 bridgehead atoms. The van der Waals surface area contributed by atoms with Crippen LogP contribution in [-0.2, 0) is 13.5 Å². The van der Waals surface area contributed by atoms with Crippen LogP contribution in [0.2, 0.25) is 0 Å². The third kappa shape index (κ3) is 3.67. The molecule has 5 nitrogen and oxygen atoms in total. The van der Waals surface area contributed by atoms with Gasteiger partial charge in [-0.2, -0.15) is 0 Å². The Bertz CT molecular complexity index is 687. The maximum absolute atomic E-state index is 11.5. The summed E-state index contributed by atoms with van der Waals surface area (Å²) in [4.78, 5) is 13.8. The molecule has 23 heavy (non-hydrogen) atoms. The largest absolute Gasteiger partial charge is 0.478 e. The highest BCUT2D eigenvalue weighted by molar-refractivity contribution is 6.05. The minimum absolute atomic E-state index is 0.365. The maximum Gasteiger partial charge on any atom is 0.337 e. The van der Waals surface area contributed by atoms with Gasteiger partial charge in [-0.15, -0.1) is 0 Å². The van der Waals surface area contributed by atoms with Crippen molar-refractivity contribution in [2.24, 2.45) is 7.05 Å². The predicted molar refractivity (Wildman–Crippen MR) is 95.5 cm³/mol. The molecular formula is C18H27N3O2. The zero-order valence-electron chi connectivity index (χ0n) is 14.5. The molecule has 0 aliphatic rings. The monoisotopic (exact) mass is 317 g/mol. The number of fused-ring (bicyclic) bond motifs is 1. The molecule has 5 heteroatoms. The Hall–Kier alpha value is -2.01. The summed E-state index contributed by atoms with van der Waals surface area (Å²) < 4.78 is 1.91. The maximum atomic E-state index is 11.5. The number of likely N-dealkylation sites (N-methyl/N-ethyl adjacent to an activating group) is 1. The molecule has 0 amide bonds. The van der Waals surface area contributed by atoms with Crippen molar-refractivity contribution in [2.75, 3.05) is 31.5 Å². The van der Waals surface area contributed by atoms with E-state index >= 15 is 0 Å². The smallest absolute Gasteiger partial charge is 0.337 e. The van der Waals surface area contributed by atoms with E-state index in [1.807, 2.05) is 17.7 Å². The molecule has 0 aliphatic carbocycles. The van der Waals surface area contributed by atoms with Crippen LogP contribution in [0.1, 0.15) is 36.7 Å². The number of aromatic carboxylic acids is 1. The molecule has 2 rings (SSSR count). The van der Waals surface area contributed by atoms with Crippen molar-refractivity contribution in [3.8, 4) is 0 Å². The topological polar surface area (TPSA) is 57.5 Å². The third-order valence-electron chi connectivity index (χ3n) is 4.42. The zero-order valence-corrected chi connectivity index (χ0v) is 14.5. The first kappa shape index (κ1) is 17.3. The van der Waals surface area contributed by atoms with E-state index in [4.69, 9.17) is 0 Å². The van der Waals surface area contributed by atoms with Crippen LogP contribution in [0.5, 0.6) is 0 Å². The lowest BCUT2D eigenvalue weighted by Crippen LogP contribution is -2.28. The molecule has 126 valence electrons. The van der Waals surface area contributed by atoms with Crippen LogP contribution in [0.4, 0.5) is 5.69 Å². The molecule has 1 heterocycles. The van der Waals surface area contributed by atoms with Gasteiger partial charge in [0.15, 0.2) is 0 Å². The summed E-state index contributed by atoms with van der Waals surface area (Å²) in [5.41, 5.74) is 3.54. The van der Waals surface area contributed by atoms with Crippen LogP contribution >= 0.6 is 0 Å². The fraction of sp³-hybridized carbons (Fsp3) is 0.500. The van der Waals surface area contributed by atoms with Gasteiger partial charge < -0.3 is 19.9 Å². The predicted octanol–water partition coefficient (Wildman–Crippen LogP) is 3.19. The van der Waals surface area contributed by atoms with E-state index in [-0.39, 0.29) is 0 Å². The second kappa shape index (κ2) is 7.51. The molecule has 0 unspecified atom stereocenters. The minimum atomic E-state index is -0.877. The summed E-state index contributed by atoms with van der Waals surface area (Å²) >= 11 is 0. The number of nitrogens with zero attached hydrogens (tertiary/aromatic N) is 2. The summed E-state index contributed by atoms with van der Waals surface area (Å²) in [6.45, 7) is 10.3. The van der Waals surface area contributed by atoms with Crippen LogP contribution in [-0.4, -0.2) is 46.7 Å². The van der Waals surface area contributed by atoms with Gasteiger partial charge in [-0.05, 0) is 37.2 Å². The average molecular weight is 317 g/mol. The van der Waals surface area contributed by atoms with E-state index in [1.165, 1.54) is 5.56 Å². The molecular weight excluding hydrogens is 290 g/mol. The first-order chi connectivity index (χ1) is 11.0. The number of rotatable bonds is 8. The Morgan fingerprint density at radius 3 is 2.52 bits per heavy atom. The number of hydrogen-bond donors (Lipinski definition) is 2. The quantitative estimate of drug-likeness (QED) is 0.785. The van der Waals surface area contributed by atoms with E-state index in [0.717, 1.165) is 49.2 Å². The lowest BCUT2D eigenvalue weighted by molar-refractivity contribution is 0.0699. The van der Waals surface area contributed by atoms with Crippen LogP contribution in [0.25, 0.3) is 10.9 Å². The molecule has 0 fully saturated rings. The van der Waals surface area contributed by atoms with Crippen LogP contribution < -0.4 is 5.32 Å². The highest BCUT2D eigenvalue weighted by atomic mass is 16.4. The SMILES string of the molecule is CCc1cc(NCCN(CC)CC)cc2c(C(=O)O)cn(C)c12. The van der Waals surface area contributed by atoms with Crippen molar-refractivity contribution >= 4 is 22.6 Å². The molecule has 0 aliphatic heterocycles. The van der Waals surface area contributed by atoms with E-state index in [9.17, 15) is 9.90 Å². The van der Waals surface area contributed by atoms with E-state index in [1.54, 1.807) is 6.20 Å². The number of aromatic nitrogens is 1. The Morgan fingerprint density at radius 1 is 1.26 bits per heavy atom. The van der Waals surface area contributed by atoms with Crippen molar-refractivity contribution in [1.29, 1.82) is 0 Å². The fourth-order valence-electron chi connectivity index (χ4n) is 3.08. The number of anilines is 1. The Kier molecular flexibility index (Phi) is 5.66. The Morgan fingerprint density at radius 2 is 1.96 bits per heavy atom. The summed E-state index contributed by atoms with van der Waals surface area (Å²) in [7, 11) is 1.90. The molecule has 1 aromatic carbocycles. The first-order valence-corrected chi connectivity index (χ1v) is 8.33. The van der Waals surface area contributed by atoms with Crippen LogP contribution in [0.15, 0.2) is 18.3 Å². The molecule has 2 N–H and O–H groups in total. The first-order valence-electron chi connectivity index (χ1n) is 8.33. The Balaban J connectivity index is 2.31. The molecule has 0 atom stereocenters. The third-order valence-corrected chi connectivity index (χ3v) is 4.42. The molecule has 0 radical (unpaired) electrons. The van der Waals surface area contributed by atoms with Gasteiger partial charge in [-0.25, -0.2) is 4.79 Å². The van der Waals surface area contributed by atoms with Gasteiger partial charge in [0.2, 0.25) is 0 Å². The second-order valence-corrected chi connectivity index (χ2v) is 5.80. The average Bonchev–Trinajstić information content (AvgIpc) is 2.88. The zero-order chi connectivity index (χ0) is 17.0. The van der Waals surface area contributed by atoms with E-state index in [0.29, 0.717) is 5.56 Å². The van der Waals surface area contributed by atoms with Crippen molar-refractivity contribution < 1.29 is 9.90 Å². The summed E-state index contributed by atoms with van der Waals surface area (Å²) in [5, 5.41) is 13.7. The van der Waals surface area contributed by atoms with Crippen LogP contribution in [0, 0.1) is 0 Å². The summed E-state index contributed by atoms with van der Waals surface area (Å²) in [6.07, 6.45) is 2.57. The lowest BCUT2D eigenvalue weighted by atomic mass is 10.1. The van der Waals surface area contributed by atoms with E-state index in [2.05, 4.69) is 37.1 Å². The highest BCUT2D eigenvalue weighted by Crippen LogP contribution is 2.28. The summed E-state index contributed by atoms with van der Waals surface area (Å²) in [6, 6.07) is 4.09. The fourth-order valence-corrected chi connectivity index (χ4v) is 3.08. The van der Waals surface area contributed by atoms with Crippen LogP contribution in [0.3, 0.4) is 0 Å². The number of hydrogen-bond acceptors (Lipinski definition) is 3. The minimum Gasteiger partial charge on any atom is -0.478 e. The van der Waals surface area contributed by atoms with Crippen molar-refractivity contribution in [3.05, 3.63) is 29.5 Å². The number of carbonyl (C=O) groups is 1. The Labute approximate surface area is 137 Å². The normalized spacial score (nSPS) is 11.3.